The van der Waals surface area contributed by atoms with Crippen molar-refractivity contribution in [3.8, 4) is 0 Å². The van der Waals surface area contributed by atoms with Crippen LogP contribution in [0.25, 0.3) is 0 Å². The minimum Gasteiger partial charge on any atom is -0.337 e. The Morgan fingerprint density at radius 2 is 1.54 bits per heavy atom. The van der Waals surface area contributed by atoms with Gasteiger partial charge in [-0.25, -0.2) is 4.79 Å². The van der Waals surface area contributed by atoms with E-state index in [0.29, 0.717) is 11.8 Å². The molecule has 3 atom stereocenters. The standard InChI is InChI=1S/C21H22N2O/c24-21(22-15-18-14-16-11-12-17(18)13-16)23(19-7-3-1-4-8-19)20-9-5-2-6-10-20/h1-12,16-18H,13-15H2,(H,22,24)/t16-,17-,18+/m0/s1. The molecule has 2 aromatic rings. The topological polar surface area (TPSA) is 32.3 Å². The Morgan fingerprint density at radius 3 is 2.04 bits per heavy atom. The molecule has 0 aliphatic heterocycles. The Kier molecular flexibility index (Phi) is 4.08. The van der Waals surface area contributed by atoms with E-state index in [4.69, 9.17) is 0 Å². The molecule has 2 aliphatic carbocycles. The summed E-state index contributed by atoms with van der Waals surface area (Å²) in [6.07, 6.45) is 7.14. The first-order valence-electron chi connectivity index (χ1n) is 8.67. The molecule has 1 N–H and O–H groups in total. The minimum atomic E-state index is -0.0563. The van der Waals surface area contributed by atoms with Crippen LogP contribution in [0.15, 0.2) is 72.8 Å². The fourth-order valence-corrected chi connectivity index (χ4v) is 3.96. The molecular weight excluding hydrogens is 296 g/mol. The third kappa shape index (κ3) is 2.94. The van der Waals surface area contributed by atoms with E-state index in [0.717, 1.165) is 23.8 Å². The molecule has 122 valence electrons. The van der Waals surface area contributed by atoms with Crippen LogP contribution in [0.1, 0.15) is 12.8 Å². The molecule has 0 unspecified atom stereocenters. The Labute approximate surface area is 143 Å². The van der Waals surface area contributed by atoms with Crippen LogP contribution in [0.2, 0.25) is 0 Å². The van der Waals surface area contributed by atoms with E-state index >= 15 is 0 Å². The number of carbonyl (C=O) groups is 1. The number of allylic oxidation sites excluding steroid dienone is 2. The Balaban J connectivity index is 1.50. The summed E-state index contributed by atoms with van der Waals surface area (Å²) < 4.78 is 0. The highest BCUT2D eigenvalue weighted by atomic mass is 16.2. The van der Waals surface area contributed by atoms with E-state index in [1.54, 1.807) is 4.90 Å². The number of urea groups is 1. The summed E-state index contributed by atoms with van der Waals surface area (Å²) in [5.41, 5.74) is 1.77. The van der Waals surface area contributed by atoms with Gasteiger partial charge in [-0.05, 0) is 54.9 Å². The average Bonchev–Trinajstić information content (AvgIpc) is 3.25. The van der Waals surface area contributed by atoms with Crippen LogP contribution in [-0.4, -0.2) is 12.6 Å². The first kappa shape index (κ1) is 15.0. The molecule has 0 radical (unpaired) electrons. The zero-order chi connectivity index (χ0) is 16.4. The molecule has 4 rings (SSSR count). The molecular formula is C21H22N2O. The van der Waals surface area contributed by atoms with Gasteiger partial charge < -0.3 is 5.32 Å². The molecule has 24 heavy (non-hydrogen) atoms. The lowest BCUT2D eigenvalue weighted by Gasteiger charge is -2.25. The van der Waals surface area contributed by atoms with Gasteiger partial charge in [0.2, 0.25) is 0 Å². The van der Waals surface area contributed by atoms with Crippen molar-refractivity contribution in [3.05, 3.63) is 72.8 Å². The third-order valence-corrected chi connectivity index (χ3v) is 5.16. The SMILES string of the molecule is O=C(NC[C@H]1C[C@H]2C=C[C@H]1C2)N(c1ccccc1)c1ccccc1. The van der Waals surface area contributed by atoms with Crippen molar-refractivity contribution in [3.63, 3.8) is 0 Å². The van der Waals surface area contributed by atoms with Crippen LogP contribution in [0, 0.1) is 17.8 Å². The highest BCUT2D eigenvalue weighted by Gasteiger charge is 2.35. The smallest absolute Gasteiger partial charge is 0.326 e. The van der Waals surface area contributed by atoms with Crippen molar-refractivity contribution in [1.82, 2.24) is 5.32 Å². The molecule has 1 fully saturated rings. The first-order valence-corrected chi connectivity index (χ1v) is 8.67. The number of para-hydroxylation sites is 2. The van der Waals surface area contributed by atoms with Gasteiger partial charge in [0, 0.05) is 6.54 Å². The molecule has 0 spiro atoms. The lowest BCUT2D eigenvalue weighted by Crippen LogP contribution is -2.40. The fourth-order valence-electron chi connectivity index (χ4n) is 3.96. The zero-order valence-electron chi connectivity index (χ0n) is 13.6. The van der Waals surface area contributed by atoms with Gasteiger partial charge in [-0.3, -0.25) is 4.90 Å². The number of anilines is 2. The predicted octanol–water partition coefficient (Wildman–Crippen LogP) is 4.75. The summed E-state index contributed by atoms with van der Waals surface area (Å²) in [6.45, 7) is 0.751. The molecule has 3 nitrogen and oxygen atoms in total. The second-order valence-electron chi connectivity index (χ2n) is 6.73. The van der Waals surface area contributed by atoms with Gasteiger partial charge in [-0.1, -0.05) is 48.6 Å². The first-order chi connectivity index (χ1) is 11.8. The van der Waals surface area contributed by atoms with E-state index in [1.165, 1.54) is 12.8 Å². The van der Waals surface area contributed by atoms with Crippen LogP contribution in [0.3, 0.4) is 0 Å². The van der Waals surface area contributed by atoms with Gasteiger partial charge in [-0.15, -0.1) is 0 Å². The highest BCUT2D eigenvalue weighted by molar-refractivity contribution is 5.99. The molecule has 0 aromatic heterocycles. The number of amides is 2. The van der Waals surface area contributed by atoms with Gasteiger partial charge in [0.15, 0.2) is 0 Å². The van der Waals surface area contributed by atoms with Crippen LogP contribution >= 0.6 is 0 Å². The van der Waals surface area contributed by atoms with Gasteiger partial charge >= 0.3 is 6.03 Å². The summed E-state index contributed by atoms with van der Waals surface area (Å²) in [7, 11) is 0. The maximum absolute atomic E-state index is 12.9. The van der Waals surface area contributed by atoms with Crippen LogP contribution in [0.5, 0.6) is 0 Å². The molecule has 2 amide bonds. The maximum atomic E-state index is 12.9. The summed E-state index contributed by atoms with van der Waals surface area (Å²) >= 11 is 0. The van der Waals surface area contributed by atoms with E-state index < -0.39 is 0 Å². The number of rotatable bonds is 4. The Hall–Kier alpha value is -2.55. The molecule has 0 saturated heterocycles. The second kappa shape index (κ2) is 6.52. The van der Waals surface area contributed by atoms with E-state index in [9.17, 15) is 4.79 Å². The van der Waals surface area contributed by atoms with Crippen LogP contribution in [-0.2, 0) is 0 Å². The van der Waals surface area contributed by atoms with Gasteiger partial charge in [0.25, 0.3) is 0 Å². The van der Waals surface area contributed by atoms with Crippen molar-refractivity contribution >= 4 is 17.4 Å². The summed E-state index contributed by atoms with van der Waals surface area (Å²) in [5, 5.41) is 3.16. The summed E-state index contributed by atoms with van der Waals surface area (Å²) in [4.78, 5) is 14.7. The minimum absolute atomic E-state index is 0.0563. The monoisotopic (exact) mass is 318 g/mol. The molecule has 0 heterocycles. The van der Waals surface area contributed by atoms with Crippen molar-refractivity contribution in [1.29, 1.82) is 0 Å². The summed E-state index contributed by atoms with van der Waals surface area (Å²) in [5.74, 6) is 1.96. The number of carbonyl (C=O) groups excluding carboxylic acids is 1. The Bertz CT molecular complexity index is 687. The number of hydrogen-bond acceptors (Lipinski definition) is 1. The van der Waals surface area contributed by atoms with Gasteiger partial charge in [-0.2, -0.15) is 0 Å². The van der Waals surface area contributed by atoms with Crippen molar-refractivity contribution in [2.24, 2.45) is 17.8 Å². The lowest BCUT2D eigenvalue weighted by molar-refractivity contribution is 0.245. The number of benzene rings is 2. The molecule has 2 bridgehead atoms. The van der Waals surface area contributed by atoms with E-state index in [1.807, 2.05) is 60.7 Å². The van der Waals surface area contributed by atoms with Crippen LogP contribution in [0.4, 0.5) is 16.2 Å². The largest absolute Gasteiger partial charge is 0.337 e. The highest BCUT2D eigenvalue weighted by Crippen LogP contribution is 2.43. The third-order valence-electron chi connectivity index (χ3n) is 5.16. The Morgan fingerprint density at radius 1 is 0.917 bits per heavy atom. The fraction of sp³-hybridized carbons (Fsp3) is 0.286. The predicted molar refractivity (Wildman–Crippen MR) is 97.3 cm³/mol. The number of nitrogens with one attached hydrogen (secondary N) is 1. The van der Waals surface area contributed by atoms with E-state index in [-0.39, 0.29) is 6.03 Å². The van der Waals surface area contributed by atoms with Crippen LogP contribution < -0.4 is 10.2 Å². The second-order valence-corrected chi connectivity index (χ2v) is 6.73. The van der Waals surface area contributed by atoms with Crippen molar-refractivity contribution in [2.45, 2.75) is 12.8 Å². The maximum Gasteiger partial charge on any atom is 0.326 e. The number of hydrogen-bond donors (Lipinski definition) is 1. The van der Waals surface area contributed by atoms with Gasteiger partial charge in [0.1, 0.15) is 0 Å². The van der Waals surface area contributed by atoms with Gasteiger partial charge in [0.05, 0.1) is 11.4 Å². The summed E-state index contributed by atoms with van der Waals surface area (Å²) in [6, 6.07) is 19.6. The molecule has 3 heteroatoms. The number of fused-ring (bicyclic) bond motifs is 2. The van der Waals surface area contributed by atoms with Crippen molar-refractivity contribution < 1.29 is 4.79 Å². The van der Waals surface area contributed by atoms with Crippen molar-refractivity contribution in [2.75, 3.05) is 11.4 Å². The molecule has 2 aliphatic rings. The average molecular weight is 318 g/mol. The molecule has 1 saturated carbocycles. The van der Waals surface area contributed by atoms with E-state index in [2.05, 4.69) is 17.5 Å². The normalized spacial score (nSPS) is 24.1. The lowest BCUT2D eigenvalue weighted by atomic mass is 9.94. The number of nitrogens with zero attached hydrogens (tertiary/aromatic N) is 1. The molecule has 2 aromatic carbocycles. The quantitative estimate of drug-likeness (QED) is 0.811. The zero-order valence-corrected chi connectivity index (χ0v) is 13.6.